The lowest BCUT2D eigenvalue weighted by Gasteiger charge is -2.14. The second kappa shape index (κ2) is 7.04. The lowest BCUT2D eigenvalue weighted by atomic mass is 10.0. The van der Waals surface area contributed by atoms with Crippen LogP contribution in [0.4, 0.5) is 4.39 Å². The minimum atomic E-state index is -0.429. The molecule has 3 aromatic rings. The fourth-order valence-electron chi connectivity index (χ4n) is 2.53. The molecule has 0 fully saturated rings. The Balaban J connectivity index is 1.78. The summed E-state index contributed by atoms with van der Waals surface area (Å²) in [5.74, 6) is -0.729. The molecule has 0 aliphatic rings. The molecule has 1 N–H and O–H groups in total. The zero-order valence-electron chi connectivity index (χ0n) is 13.2. The SMILES string of the molecule is C[C@@H](NC(=O)c1ccc(-c2ccncc2)c(F)c1)c1ccccc1. The standard InChI is InChI=1S/C20H17FN2O/c1-14(15-5-3-2-4-6-15)23-20(24)17-7-8-18(19(21)13-17)16-9-11-22-12-10-16/h2-14H,1H3,(H,23,24)/t14-/m1/s1. The lowest BCUT2D eigenvalue weighted by molar-refractivity contribution is 0.0939. The quantitative estimate of drug-likeness (QED) is 0.775. The van der Waals surface area contributed by atoms with E-state index in [1.54, 1.807) is 36.7 Å². The highest BCUT2D eigenvalue weighted by Crippen LogP contribution is 2.23. The number of nitrogens with zero attached hydrogens (tertiary/aromatic N) is 1. The van der Waals surface area contributed by atoms with Crippen LogP contribution in [0.2, 0.25) is 0 Å². The van der Waals surface area contributed by atoms with E-state index in [1.165, 1.54) is 6.07 Å². The van der Waals surface area contributed by atoms with Crippen molar-refractivity contribution in [1.29, 1.82) is 0 Å². The van der Waals surface area contributed by atoms with E-state index < -0.39 is 5.82 Å². The predicted molar refractivity (Wildman–Crippen MR) is 92.0 cm³/mol. The smallest absolute Gasteiger partial charge is 0.251 e. The van der Waals surface area contributed by atoms with Crippen molar-refractivity contribution in [3.63, 3.8) is 0 Å². The number of carbonyl (C=O) groups is 1. The molecule has 3 rings (SSSR count). The average Bonchev–Trinajstić information content (AvgIpc) is 2.63. The molecule has 0 bridgehead atoms. The average molecular weight is 320 g/mol. The number of pyridine rings is 1. The van der Waals surface area contributed by atoms with Crippen LogP contribution in [0.15, 0.2) is 73.1 Å². The molecule has 0 aliphatic carbocycles. The van der Waals surface area contributed by atoms with Gasteiger partial charge in [-0.1, -0.05) is 36.4 Å². The summed E-state index contributed by atoms with van der Waals surface area (Å²) in [4.78, 5) is 16.3. The van der Waals surface area contributed by atoms with Gasteiger partial charge in [0.1, 0.15) is 5.82 Å². The van der Waals surface area contributed by atoms with Gasteiger partial charge in [0, 0.05) is 23.5 Å². The van der Waals surface area contributed by atoms with E-state index in [-0.39, 0.29) is 11.9 Å². The minimum Gasteiger partial charge on any atom is -0.346 e. The van der Waals surface area contributed by atoms with Crippen LogP contribution in [0.3, 0.4) is 0 Å². The van der Waals surface area contributed by atoms with Gasteiger partial charge in [-0.2, -0.15) is 0 Å². The van der Waals surface area contributed by atoms with Gasteiger partial charge in [-0.25, -0.2) is 4.39 Å². The molecule has 0 unspecified atom stereocenters. The third kappa shape index (κ3) is 3.49. The molecule has 24 heavy (non-hydrogen) atoms. The van der Waals surface area contributed by atoms with Crippen LogP contribution < -0.4 is 5.32 Å². The molecule has 0 saturated heterocycles. The Kier molecular flexibility index (Phi) is 4.66. The maximum absolute atomic E-state index is 14.4. The predicted octanol–water partition coefficient (Wildman–Crippen LogP) is 4.38. The van der Waals surface area contributed by atoms with Crippen molar-refractivity contribution >= 4 is 5.91 Å². The van der Waals surface area contributed by atoms with Gasteiger partial charge in [0.05, 0.1) is 6.04 Å². The number of aromatic nitrogens is 1. The number of halogens is 1. The van der Waals surface area contributed by atoms with Crippen LogP contribution in [0.25, 0.3) is 11.1 Å². The molecule has 3 nitrogen and oxygen atoms in total. The number of amides is 1. The number of carbonyl (C=O) groups excluding carboxylic acids is 1. The molecule has 1 heterocycles. The van der Waals surface area contributed by atoms with Crippen molar-refractivity contribution in [1.82, 2.24) is 10.3 Å². The molecule has 1 amide bonds. The lowest BCUT2D eigenvalue weighted by Crippen LogP contribution is -2.26. The zero-order chi connectivity index (χ0) is 16.9. The van der Waals surface area contributed by atoms with Gasteiger partial charge in [-0.05, 0) is 42.3 Å². The molecule has 0 aliphatic heterocycles. The van der Waals surface area contributed by atoms with Crippen LogP contribution in [0.1, 0.15) is 28.9 Å². The van der Waals surface area contributed by atoms with E-state index >= 15 is 0 Å². The summed E-state index contributed by atoms with van der Waals surface area (Å²) >= 11 is 0. The van der Waals surface area contributed by atoms with E-state index in [0.717, 1.165) is 11.1 Å². The van der Waals surface area contributed by atoms with Crippen LogP contribution in [-0.2, 0) is 0 Å². The maximum atomic E-state index is 14.4. The largest absolute Gasteiger partial charge is 0.346 e. The molecule has 1 aromatic heterocycles. The van der Waals surface area contributed by atoms with Crippen molar-refractivity contribution in [2.75, 3.05) is 0 Å². The van der Waals surface area contributed by atoms with Crippen molar-refractivity contribution in [2.24, 2.45) is 0 Å². The molecular formula is C20H17FN2O. The number of benzene rings is 2. The fraction of sp³-hybridized carbons (Fsp3) is 0.100. The van der Waals surface area contributed by atoms with Gasteiger partial charge >= 0.3 is 0 Å². The monoisotopic (exact) mass is 320 g/mol. The normalized spacial score (nSPS) is 11.8. The summed E-state index contributed by atoms with van der Waals surface area (Å²) in [6, 6.07) is 17.5. The molecular weight excluding hydrogens is 303 g/mol. The van der Waals surface area contributed by atoms with Crippen molar-refractivity contribution < 1.29 is 9.18 Å². The Bertz CT molecular complexity index is 835. The summed E-state index contributed by atoms with van der Waals surface area (Å²) in [5, 5.41) is 2.88. The third-order valence-corrected chi connectivity index (χ3v) is 3.87. The van der Waals surface area contributed by atoms with E-state index in [0.29, 0.717) is 11.1 Å². The Morgan fingerprint density at radius 1 is 1.04 bits per heavy atom. The first-order valence-corrected chi connectivity index (χ1v) is 7.71. The van der Waals surface area contributed by atoms with Gasteiger partial charge < -0.3 is 5.32 Å². The van der Waals surface area contributed by atoms with Gasteiger partial charge in [0.25, 0.3) is 5.91 Å². The minimum absolute atomic E-state index is 0.151. The van der Waals surface area contributed by atoms with E-state index in [1.807, 2.05) is 37.3 Å². The first-order chi connectivity index (χ1) is 11.6. The second-order valence-corrected chi connectivity index (χ2v) is 5.54. The molecule has 4 heteroatoms. The topological polar surface area (TPSA) is 42.0 Å². The van der Waals surface area contributed by atoms with Crippen molar-refractivity contribution in [3.8, 4) is 11.1 Å². The number of hydrogen-bond acceptors (Lipinski definition) is 2. The Morgan fingerprint density at radius 2 is 1.75 bits per heavy atom. The van der Waals surface area contributed by atoms with Crippen LogP contribution in [0.5, 0.6) is 0 Å². The molecule has 0 spiro atoms. The Morgan fingerprint density at radius 3 is 2.42 bits per heavy atom. The van der Waals surface area contributed by atoms with Crippen LogP contribution >= 0.6 is 0 Å². The second-order valence-electron chi connectivity index (χ2n) is 5.54. The number of hydrogen-bond donors (Lipinski definition) is 1. The van der Waals surface area contributed by atoms with Gasteiger partial charge in [0.15, 0.2) is 0 Å². The van der Waals surface area contributed by atoms with E-state index in [4.69, 9.17) is 0 Å². The zero-order valence-corrected chi connectivity index (χ0v) is 13.2. The van der Waals surface area contributed by atoms with E-state index in [9.17, 15) is 9.18 Å². The Hall–Kier alpha value is -3.01. The van der Waals surface area contributed by atoms with Crippen molar-refractivity contribution in [3.05, 3.63) is 90.0 Å². The van der Waals surface area contributed by atoms with Crippen molar-refractivity contribution in [2.45, 2.75) is 13.0 Å². The molecule has 0 saturated carbocycles. The van der Waals surface area contributed by atoms with Gasteiger partial charge in [-0.15, -0.1) is 0 Å². The van der Waals surface area contributed by atoms with Gasteiger partial charge in [0.2, 0.25) is 0 Å². The summed E-state index contributed by atoms with van der Waals surface area (Å²) in [5.41, 5.74) is 2.48. The molecule has 1 atom stereocenters. The molecule has 0 radical (unpaired) electrons. The highest BCUT2D eigenvalue weighted by atomic mass is 19.1. The third-order valence-electron chi connectivity index (χ3n) is 3.87. The molecule has 2 aromatic carbocycles. The first kappa shape index (κ1) is 15.9. The highest BCUT2D eigenvalue weighted by Gasteiger charge is 2.14. The maximum Gasteiger partial charge on any atom is 0.251 e. The Labute approximate surface area is 140 Å². The fourth-order valence-corrected chi connectivity index (χ4v) is 2.53. The summed E-state index contributed by atoms with van der Waals surface area (Å²) < 4.78 is 14.4. The highest BCUT2D eigenvalue weighted by molar-refractivity contribution is 5.95. The summed E-state index contributed by atoms with van der Waals surface area (Å²) in [6.07, 6.45) is 3.22. The summed E-state index contributed by atoms with van der Waals surface area (Å²) in [6.45, 7) is 1.90. The van der Waals surface area contributed by atoms with Crippen LogP contribution in [-0.4, -0.2) is 10.9 Å². The molecule has 120 valence electrons. The van der Waals surface area contributed by atoms with Crippen LogP contribution in [0, 0.1) is 5.82 Å². The number of nitrogens with one attached hydrogen (secondary N) is 1. The first-order valence-electron chi connectivity index (χ1n) is 7.71. The summed E-state index contributed by atoms with van der Waals surface area (Å²) in [7, 11) is 0. The number of rotatable bonds is 4. The van der Waals surface area contributed by atoms with Gasteiger partial charge in [-0.3, -0.25) is 9.78 Å². The van der Waals surface area contributed by atoms with E-state index in [2.05, 4.69) is 10.3 Å².